The van der Waals surface area contributed by atoms with E-state index in [1.807, 2.05) is 6.07 Å². The van der Waals surface area contributed by atoms with E-state index in [1.54, 1.807) is 13.8 Å². The molecular formula is C14H14F2N2. The van der Waals surface area contributed by atoms with Crippen LogP contribution in [0.4, 0.5) is 8.78 Å². The van der Waals surface area contributed by atoms with Crippen LogP contribution in [0, 0.1) is 25.5 Å². The number of nitrogens with two attached hydrogens (primary N) is 1. The maximum absolute atomic E-state index is 13.9. The lowest BCUT2D eigenvalue weighted by Crippen LogP contribution is -2.18. The first-order valence-corrected chi connectivity index (χ1v) is 5.63. The fourth-order valence-corrected chi connectivity index (χ4v) is 2.08. The van der Waals surface area contributed by atoms with Crippen molar-refractivity contribution in [1.29, 1.82) is 0 Å². The molecule has 18 heavy (non-hydrogen) atoms. The molecule has 0 aliphatic heterocycles. The zero-order valence-corrected chi connectivity index (χ0v) is 10.2. The third kappa shape index (κ3) is 2.24. The minimum atomic E-state index is -0.896. The highest BCUT2D eigenvalue weighted by molar-refractivity contribution is 5.38. The monoisotopic (exact) mass is 248 g/mol. The number of aromatic nitrogens is 1. The summed E-state index contributed by atoms with van der Waals surface area (Å²) in [5, 5.41) is 0. The third-order valence-electron chi connectivity index (χ3n) is 2.87. The highest BCUT2D eigenvalue weighted by atomic mass is 19.1. The van der Waals surface area contributed by atoms with Gasteiger partial charge in [0, 0.05) is 11.8 Å². The smallest absolute Gasteiger partial charge is 0.146 e. The van der Waals surface area contributed by atoms with Crippen LogP contribution >= 0.6 is 0 Å². The van der Waals surface area contributed by atoms with Gasteiger partial charge in [-0.25, -0.2) is 8.78 Å². The van der Waals surface area contributed by atoms with Crippen LogP contribution in [-0.4, -0.2) is 4.98 Å². The van der Waals surface area contributed by atoms with E-state index in [9.17, 15) is 8.78 Å². The maximum Gasteiger partial charge on any atom is 0.146 e. The Kier molecular flexibility index (Phi) is 3.39. The lowest BCUT2D eigenvalue weighted by Gasteiger charge is -2.16. The topological polar surface area (TPSA) is 38.9 Å². The van der Waals surface area contributed by atoms with Crippen molar-refractivity contribution in [2.24, 2.45) is 5.73 Å². The lowest BCUT2D eigenvalue weighted by atomic mass is 9.96. The van der Waals surface area contributed by atoms with Crippen molar-refractivity contribution in [3.05, 3.63) is 64.5 Å². The molecule has 1 aromatic heterocycles. The number of pyridine rings is 1. The van der Waals surface area contributed by atoms with Gasteiger partial charge in [0.2, 0.25) is 0 Å². The predicted octanol–water partition coefficient (Wildman–Crippen LogP) is 3.02. The lowest BCUT2D eigenvalue weighted by molar-refractivity contribution is 0.563. The summed E-state index contributed by atoms with van der Waals surface area (Å²) in [6.45, 7) is 3.55. The zero-order valence-electron chi connectivity index (χ0n) is 10.2. The van der Waals surface area contributed by atoms with Crippen molar-refractivity contribution in [2.45, 2.75) is 19.9 Å². The predicted molar refractivity (Wildman–Crippen MR) is 66.1 cm³/mol. The second-order valence-electron chi connectivity index (χ2n) is 4.33. The van der Waals surface area contributed by atoms with Crippen molar-refractivity contribution in [2.75, 3.05) is 0 Å². The summed E-state index contributed by atoms with van der Waals surface area (Å²) >= 11 is 0. The molecule has 0 saturated carbocycles. The van der Waals surface area contributed by atoms with Crippen LogP contribution < -0.4 is 5.73 Å². The first-order valence-electron chi connectivity index (χ1n) is 5.63. The molecule has 2 N–H and O–H groups in total. The number of aryl methyl sites for hydroxylation is 2. The highest BCUT2D eigenvalue weighted by Gasteiger charge is 2.20. The van der Waals surface area contributed by atoms with Crippen molar-refractivity contribution < 1.29 is 8.78 Å². The van der Waals surface area contributed by atoms with Crippen molar-refractivity contribution >= 4 is 0 Å². The Morgan fingerprint density at radius 3 is 2.50 bits per heavy atom. The van der Waals surface area contributed by atoms with Gasteiger partial charge in [0.15, 0.2) is 0 Å². The van der Waals surface area contributed by atoms with Crippen LogP contribution in [0.2, 0.25) is 0 Å². The number of nitrogens with zero attached hydrogens (tertiary/aromatic N) is 1. The number of rotatable bonds is 2. The van der Waals surface area contributed by atoms with Gasteiger partial charge in [-0.2, -0.15) is 0 Å². The first kappa shape index (κ1) is 12.6. The summed E-state index contributed by atoms with van der Waals surface area (Å²) in [7, 11) is 0. The SMILES string of the molecule is Cc1cc(C)c(C(N)c2ncccc2F)c(F)c1. The molecule has 0 aliphatic carbocycles. The van der Waals surface area contributed by atoms with Crippen LogP contribution in [0.3, 0.4) is 0 Å². The molecule has 1 aromatic carbocycles. The molecule has 2 rings (SSSR count). The van der Waals surface area contributed by atoms with Gasteiger partial charge in [0.05, 0.1) is 11.7 Å². The van der Waals surface area contributed by atoms with E-state index < -0.39 is 17.7 Å². The molecule has 0 bridgehead atoms. The Morgan fingerprint density at radius 2 is 1.89 bits per heavy atom. The molecule has 0 fully saturated rings. The average molecular weight is 248 g/mol. The molecule has 1 unspecified atom stereocenters. The van der Waals surface area contributed by atoms with Crippen LogP contribution in [-0.2, 0) is 0 Å². The van der Waals surface area contributed by atoms with Gasteiger partial charge in [-0.1, -0.05) is 6.07 Å². The van der Waals surface area contributed by atoms with Gasteiger partial charge < -0.3 is 5.73 Å². The highest BCUT2D eigenvalue weighted by Crippen LogP contribution is 2.26. The Morgan fingerprint density at radius 1 is 1.17 bits per heavy atom. The Bertz CT molecular complexity index is 559. The van der Waals surface area contributed by atoms with Crippen LogP contribution in [0.1, 0.15) is 28.4 Å². The Labute approximate surface area is 104 Å². The molecule has 0 spiro atoms. The summed E-state index contributed by atoms with van der Waals surface area (Å²) in [6, 6.07) is 5.06. The number of hydrogen-bond acceptors (Lipinski definition) is 2. The normalized spacial score (nSPS) is 12.5. The molecule has 2 nitrogen and oxygen atoms in total. The van der Waals surface area contributed by atoms with Crippen LogP contribution in [0.15, 0.2) is 30.5 Å². The van der Waals surface area contributed by atoms with E-state index >= 15 is 0 Å². The summed E-state index contributed by atoms with van der Waals surface area (Å²) in [6.07, 6.45) is 1.44. The van der Waals surface area contributed by atoms with Gasteiger partial charge in [-0.15, -0.1) is 0 Å². The average Bonchev–Trinajstić information content (AvgIpc) is 2.27. The summed E-state index contributed by atoms with van der Waals surface area (Å²) in [5.74, 6) is -0.950. The van der Waals surface area contributed by atoms with Crippen LogP contribution in [0.25, 0.3) is 0 Å². The standard InChI is InChI=1S/C14H14F2N2/c1-8-6-9(2)12(11(16)7-8)13(17)14-10(15)4-3-5-18-14/h3-7,13H,17H2,1-2H3. The number of hydrogen-bond donors (Lipinski definition) is 1. The maximum atomic E-state index is 13.9. The second-order valence-corrected chi connectivity index (χ2v) is 4.33. The second kappa shape index (κ2) is 4.82. The molecule has 0 amide bonds. The molecular weight excluding hydrogens is 234 g/mol. The molecule has 0 radical (unpaired) electrons. The largest absolute Gasteiger partial charge is 0.319 e. The molecule has 94 valence electrons. The van der Waals surface area contributed by atoms with E-state index in [4.69, 9.17) is 5.73 Å². The van der Waals surface area contributed by atoms with E-state index in [1.165, 1.54) is 24.4 Å². The van der Waals surface area contributed by atoms with Crippen molar-refractivity contribution in [3.8, 4) is 0 Å². The van der Waals surface area contributed by atoms with Gasteiger partial charge in [-0.3, -0.25) is 4.98 Å². The molecule has 0 aliphatic rings. The fourth-order valence-electron chi connectivity index (χ4n) is 2.08. The minimum Gasteiger partial charge on any atom is -0.319 e. The Hall–Kier alpha value is -1.81. The number of halogens is 2. The molecule has 2 aromatic rings. The van der Waals surface area contributed by atoms with Gasteiger partial charge in [0.25, 0.3) is 0 Å². The van der Waals surface area contributed by atoms with E-state index in [0.29, 0.717) is 11.1 Å². The fraction of sp³-hybridized carbons (Fsp3) is 0.214. The van der Waals surface area contributed by atoms with Crippen molar-refractivity contribution in [1.82, 2.24) is 4.98 Å². The quantitative estimate of drug-likeness (QED) is 0.887. The van der Waals surface area contributed by atoms with Gasteiger partial charge in [0.1, 0.15) is 11.6 Å². The van der Waals surface area contributed by atoms with Crippen molar-refractivity contribution in [3.63, 3.8) is 0 Å². The molecule has 1 atom stereocenters. The molecule has 1 heterocycles. The first-order chi connectivity index (χ1) is 8.50. The Balaban J connectivity index is 2.53. The minimum absolute atomic E-state index is 0.0587. The van der Waals surface area contributed by atoms with E-state index in [-0.39, 0.29) is 5.69 Å². The zero-order chi connectivity index (χ0) is 13.3. The summed E-state index contributed by atoms with van der Waals surface area (Å²) in [4.78, 5) is 3.89. The summed E-state index contributed by atoms with van der Waals surface area (Å²) in [5.41, 5.74) is 7.78. The van der Waals surface area contributed by atoms with E-state index in [0.717, 1.165) is 5.56 Å². The molecule has 0 saturated heterocycles. The van der Waals surface area contributed by atoms with Crippen LogP contribution in [0.5, 0.6) is 0 Å². The van der Waals surface area contributed by atoms with Gasteiger partial charge in [-0.05, 0) is 43.2 Å². The number of benzene rings is 1. The van der Waals surface area contributed by atoms with E-state index in [2.05, 4.69) is 4.98 Å². The van der Waals surface area contributed by atoms with Gasteiger partial charge >= 0.3 is 0 Å². The molecule has 4 heteroatoms. The summed E-state index contributed by atoms with van der Waals surface area (Å²) < 4.78 is 27.6. The third-order valence-corrected chi connectivity index (χ3v) is 2.87.